The van der Waals surface area contributed by atoms with Crippen LogP contribution >= 0.6 is 0 Å². The SMILES string of the molecule is NC1=CC/C(=C\NC23CNCCNCC(N)(CNCCNC2)CNCCNC3)C=C1. The van der Waals surface area contributed by atoms with Crippen molar-refractivity contribution in [2.75, 3.05) is 78.5 Å². The summed E-state index contributed by atoms with van der Waals surface area (Å²) in [5.74, 6) is 0. The summed E-state index contributed by atoms with van der Waals surface area (Å²) in [6, 6.07) is 0. The van der Waals surface area contributed by atoms with Crippen LogP contribution in [0.25, 0.3) is 0 Å². The molecule has 0 unspecified atom stereocenters. The first-order valence-corrected chi connectivity index (χ1v) is 11.2. The van der Waals surface area contributed by atoms with Crippen LogP contribution in [0.15, 0.2) is 35.7 Å². The maximum absolute atomic E-state index is 6.66. The first-order chi connectivity index (χ1) is 14.6. The Hall–Kier alpha value is -1.46. The fourth-order valence-corrected chi connectivity index (χ4v) is 3.98. The number of hydrogen-bond acceptors (Lipinski definition) is 9. The van der Waals surface area contributed by atoms with Gasteiger partial charge in [0.2, 0.25) is 0 Å². The van der Waals surface area contributed by atoms with Gasteiger partial charge in [0.1, 0.15) is 0 Å². The van der Waals surface area contributed by atoms with Gasteiger partial charge < -0.3 is 48.7 Å². The zero-order valence-corrected chi connectivity index (χ0v) is 18.2. The van der Waals surface area contributed by atoms with Gasteiger partial charge in [0.25, 0.3) is 0 Å². The lowest BCUT2D eigenvalue weighted by Crippen LogP contribution is -2.65. The highest BCUT2D eigenvalue weighted by Gasteiger charge is 2.29. The molecule has 0 aromatic heterocycles. The summed E-state index contributed by atoms with van der Waals surface area (Å²) in [6.07, 6.45) is 9.12. The van der Waals surface area contributed by atoms with Crippen LogP contribution < -0.4 is 48.7 Å². The molecule has 0 aromatic rings. The van der Waals surface area contributed by atoms with Crippen LogP contribution in [0.5, 0.6) is 0 Å². The van der Waals surface area contributed by atoms with E-state index < -0.39 is 0 Å². The van der Waals surface area contributed by atoms with Crippen molar-refractivity contribution in [1.82, 2.24) is 37.2 Å². The van der Waals surface area contributed by atoms with E-state index in [1.165, 1.54) is 5.57 Å². The Labute approximate surface area is 180 Å². The van der Waals surface area contributed by atoms with Crippen molar-refractivity contribution in [3.8, 4) is 0 Å². The number of allylic oxidation sites excluding steroid dienone is 4. The average molecular weight is 420 g/mol. The van der Waals surface area contributed by atoms with E-state index in [2.05, 4.69) is 55.6 Å². The molecule has 4 aliphatic rings. The predicted octanol–water partition coefficient (Wildman–Crippen LogP) is -2.74. The molecule has 3 aliphatic heterocycles. The van der Waals surface area contributed by atoms with Gasteiger partial charge in [0.05, 0.1) is 11.1 Å². The largest absolute Gasteiger partial charge is 0.399 e. The highest BCUT2D eigenvalue weighted by atomic mass is 15.1. The van der Waals surface area contributed by atoms with Crippen LogP contribution in [-0.4, -0.2) is 89.6 Å². The highest BCUT2D eigenvalue weighted by Crippen LogP contribution is 2.13. The van der Waals surface area contributed by atoms with E-state index in [1.54, 1.807) is 0 Å². The summed E-state index contributed by atoms with van der Waals surface area (Å²) < 4.78 is 0. The molecule has 9 nitrogen and oxygen atoms in total. The molecule has 4 rings (SSSR count). The van der Waals surface area contributed by atoms with Gasteiger partial charge in [0, 0.05) is 90.4 Å². The quantitative estimate of drug-likeness (QED) is 0.234. The molecule has 170 valence electrons. The third-order valence-corrected chi connectivity index (χ3v) is 5.88. The van der Waals surface area contributed by atoms with Crippen LogP contribution in [0.3, 0.4) is 0 Å². The van der Waals surface area contributed by atoms with Crippen molar-refractivity contribution in [3.05, 3.63) is 35.7 Å². The molecule has 3 fully saturated rings. The van der Waals surface area contributed by atoms with Crippen molar-refractivity contribution in [2.24, 2.45) is 11.5 Å². The number of nitrogens with one attached hydrogen (secondary N) is 7. The summed E-state index contributed by atoms with van der Waals surface area (Å²) in [5, 5.41) is 25.3. The number of hydrogen-bond donors (Lipinski definition) is 9. The molecule has 1 aliphatic carbocycles. The molecule has 2 bridgehead atoms. The van der Waals surface area contributed by atoms with E-state index in [9.17, 15) is 0 Å². The Morgan fingerprint density at radius 3 is 1.63 bits per heavy atom. The normalized spacial score (nSPS) is 34.2. The Morgan fingerprint density at radius 1 is 0.733 bits per heavy atom. The van der Waals surface area contributed by atoms with E-state index in [0.717, 1.165) is 90.7 Å². The zero-order chi connectivity index (χ0) is 21.1. The maximum atomic E-state index is 6.66. The number of nitrogens with two attached hydrogens (primary N) is 2. The van der Waals surface area contributed by atoms with Crippen LogP contribution in [0.2, 0.25) is 0 Å². The van der Waals surface area contributed by atoms with Crippen LogP contribution in [0.4, 0.5) is 0 Å². The van der Waals surface area contributed by atoms with E-state index in [-0.39, 0.29) is 11.1 Å². The van der Waals surface area contributed by atoms with Gasteiger partial charge in [-0.25, -0.2) is 0 Å². The second-order valence-electron chi connectivity index (χ2n) is 8.81. The van der Waals surface area contributed by atoms with E-state index in [0.29, 0.717) is 0 Å². The van der Waals surface area contributed by atoms with E-state index >= 15 is 0 Å². The lowest BCUT2D eigenvalue weighted by atomic mass is 9.97. The van der Waals surface area contributed by atoms with E-state index in [1.807, 2.05) is 6.08 Å². The minimum absolute atomic E-state index is 0.139. The third kappa shape index (κ3) is 7.66. The highest BCUT2D eigenvalue weighted by molar-refractivity contribution is 5.33. The van der Waals surface area contributed by atoms with Gasteiger partial charge >= 0.3 is 0 Å². The summed E-state index contributed by atoms with van der Waals surface area (Å²) >= 11 is 0. The van der Waals surface area contributed by atoms with Crippen molar-refractivity contribution in [3.63, 3.8) is 0 Å². The maximum Gasteiger partial charge on any atom is 0.0740 e. The molecule has 0 radical (unpaired) electrons. The molecule has 3 heterocycles. The molecule has 30 heavy (non-hydrogen) atoms. The first kappa shape index (κ1) is 23.2. The Balaban J connectivity index is 1.72. The predicted molar refractivity (Wildman–Crippen MR) is 124 cm³/mol. The second kappa shape index (κ2) is 11.8. The molecule has 3 saturated heterocycles. The molecule has 9 heteroatoms. The molecule has 0 aromatic carbocycles. The number of rotatable bonds is 2. The van der Waals surface area contributed by atoms with Crippen molar-refractivity contribution in [2.45, 2.75) is 17.5 Å². The molecule has 0 spiro atoms. The minimum Gasteiger partial charge on any atom is -0.399 e. The summed E-state index contributed by atoms with van der Waals surface area (Å²) in [5.41, 5.74) is 14.2. The third-order valence-electron chi connectivity index (χ3n) is 5.88. The lowest BCUT2D eigenvalue weighted by Gasteiger charge is -2.37. The van der Waals surface area contributed by atoms with Gasteiger partial charge in [-0.15, -0.1) is 0 Å². The fraction of sp³-hybridized carbons (Fsp3) is 0.714. The molecule has 11 N–H and O–H groups in total. The lowest BCUT2D eigenvalue weighted by molar-refractivity contribution is 0.292. The number of fused-ring (bicyclic) bond motifs is 15. The second-order valence-corrected chi connectivity index (χ2v) is 8.81. The van der Waals surface area contributed by atoms with Crippen molar-refractivity contribution < 1.29 is 0 Å². The monoisotopic (exact) mass is 419 g/mol. The molecule has 0 saturated carbocycles. The summed E-state index contributed by atoms with van der Waals surface area (Å²) in [6.45, 7) is 10.3. The van der Waals surface area contributed by atoms with E-state index in [4.69, 9.17) is 11.5 Å². The fourth-order valence-electron chi connectivity index (χ4n) is 3.98. The van der Waals surface area contributed by atoms with Gasteiger partial charge in [-0.1, -0.05) is 12.2 Å². The molecule has 0 atom stereocenters. The van der Waals surface area contributed by atoms with Crippen LogP contribution in [-0.2, 0) is 0 Å². The van der Waals surface area contributed by atoms with Gasteiger partial charge in [-0.2, -0.15) is 0 Å². The molecule has 0 amide bonds. The minimum atomic E-state index is -0.295. The molecular weight excluding hydrogens is 378 g/mol. The topological polar surface area (TPSA) is 136 Å². The summed E-state index contributed by atoms with van der Waals surface area (Å²) in [7, 11) is 0. The van der Waals surface area contributed by atoms with Crippen molar-refractivity contribution >= 4 is 0 Å². The van der Waals surface area contributed by atoms with Crippen LogP contribution in [0.1, 0.15) is 6.42 Å². The zero-order valence-electron chi connectivity index (χ0n) is 18.2. The van der Waals surface area contributed by atoms with Crippen LogP contribution in [0, 0.1) is 0 Å². The molecular formula is C21H41N9. The summed E-state index contributed by atoms with van der Waals surface area (Å²) in [4.78, 5) is 0. The van der Waals surface area contributed by atoms with Gasteiger partial charge in [-0.3, -0.25) is 0 Å². The Kier molecular flexibility index (Phi) is 9.13. The Morgan fingerprint density at radius 2 is 1.20 bits per heavy atom. The smallest absolute Gasteiger partial charge is 0.0740 e. The Bertz CT molecular complexity index is 570. The first-order valence-electron chi connectivity index (χ1n) is 11.2. The van der Waals surface area contributed by atoms with Crippen molar-refractivity contribution in [1.29, 1.82) is 0 Å². The van der Waals surface area contributed by atoms with Gasteiger partial charge in [-0.05, 0) is 18.1 Å². The average Bonchev–Trinajstić information content (AvgIpc) is 2.74. The standard InChI is InChI=1S/C21H41N9/c22-19-3-1-18(2-4-19)11-30-21-15-27-8-5-24-12-20(23,13-25-6-9-28-16-21)14-26-7-10-29-17-21/h1,3-4,11,24-30H,2,5-10,12-17,22-23H2/b18-11-. The van der Waals surface area contributed by atoms with Gasteiger partial charge in [0.15, 0.2) is 0 Å².